The normalized spacial score (nSPS) is 10.1. The number of rotatable bonds is 3. The molecule has 0 amide bonds. The Morgan fingerprint density at radius 3 is 2.88 bits per heavy atom. The molecular weight excluding hydrogens is 238 g/mol. The highest BCUT2D eigenvalue weighted by Gasteiger charge is 2.05. The third-order valence-electron chi connectivity index (χ3n) is 2.15. The number of hydrogen-bond acceptors (Lipinski definition) is 5. The van der Waals surface area contributed by atoms with Gasteiger partial charge in [-0.3, -0.25) is 5.43 Å². The van der Waals surface area contributed by atoms with E-state index in [4.69, 9.17) is 17.4 Å². The van der Waals surface area contributed by atoms with Gasteiger partial charge in [0.25, 0.3) is 0 Å². The van der Waals surface area contributed by atoms with Gasteiger partial charge in [0.2, 0.25) is 5.95 Å². The number of nitrogens with two attached hydrogens (primary N) is 1. The second-order valence-electron chi connectivity index (χ2n) is 3.53. The summed E-state index contributed by atoms with van der Waals surface area (Å²) in [6.45, 7) is 2.01. The summed E-state index contributed by atoms with van der Waals surface area (Å²) in [5, 5.41) is 3.54. The molecule has 1 heterocycles. The van der Waals surface area contributed by atoms with E-state index in [0.717, 1.165) is 11.3 Å². The molecule has 1 aromatic carbocycles. The standard InChI is InChI=1S/C11H12ClN5/c1-7-3-2-4-8(5-7)15-10-9(12)6-14-11(16-10)17-13/h2-6H,13H2,1H3,(H2,14,15,16,17). The number of hydrazine groups is 1. The number of aryl methyl sites for hydroxylation is 1. The van der Waals surface area contributed by atoms with Gasteiger partial charge < -0.3 is 5.32 Å². The van der Waals surface area contributed by atoms with Crippen molar-refractivity contribution in [2.75, 3.05) is 10.7 Å². The van der Waals surface area contributed by atoms with E-state index in [1.54, 1.807) is 0 Å². The molecule has 0 fully saturated rings. The lowest BCUT2D eigenvalue weighted by molar-refractivity contribution is 1.12. The Hall–Kier alpha value is -1.85. The van der Waals surface area contributed by atoms with Gasteiger partial charge in [0.15, 0.2) is 5.82 Å². The maximum Gasteiger partial charge on any atom is 0.239 e. The molecule has 0 unspecified atom stereocenters. The summed E-state index contributed by atoms with van der Waals surface area (Å²) >= 11 is 5.99. The SMILES string of the molecule is Cc1cccc(Nc2nc(NN)ncc2Cl)c1. The molecule has 0 aliphatic heterocycles. The molecule has 0 aliphatic carbocycles. The van der Waals surface area contributed by atoms with E-state index in [0.29, 0.717) is 16.8 Å². The Labute approximate surface area is 104 Å². The van der Waals surface area contributed by atoms with Gasteiger partial charge in [-0.25, -0.2) is 10.8 Å². The second-order valence-corrected chi connectivity index (χ2v) is 3.94. The summed E-state index contributed by atoms with van der Waals surface area (Å²) in [4.78, 5) is 8.02. The lowest BCUT2D eigenvalue weighted by atomic mass is 10.2. The Morgan fingerprint density at radius 2 is 2.18 bits per heavy atom. The summed E-state index contributed by atoms with van der Waals surface area (Å²) in [5.74, 6) is 6.06. The molecule has 0 atom stereocenters. The fourth-order valence-corrected chi connectivity index (χ4v) is 1.52. The van der Waals surface area contributed by atoms with Crippen molar-refractivity contribution in [3.8, 4) is 0 Å². The monoisotopic (exact) mass is 249 g/mol. The van der Waals surface area contributed by atoms with E-state index in [1.807, 2.05) is 31.2 Å². The smallest absolute Gasteiger partial charge is 0.239 e. The lowest BCUT2D eigenvalue weighted by Crippen LogP contribution is -2.11. The van der Waals surface area contributed by atoms with Gasteiger partial charge in [0.05, 0.1) is 6.20 Å². The zero-order valence-electron chi connectivity index (χ0n) is 9.24. The van der Waals surface area contributed by atoms with E-state index in [1.165, 1.54) is 6.20 Å². The van der Waals surface area contributed by atoms with Gasteiger partial charge >= 0.3 is 0 Å². The Morgan fingerprint density at radius 1 is 1.35 bits per heavy atom. The van der Waals surface area contributed by atoms with E-state index in [2.05, 4.69) is 20.7 Å². The molecule has 1 aromatic heterocycles. The predicted octanol–water partition coefficient (Wildman–Crippen LogP) is 2.47. The first kappa shape index (κ1) is 11.6. The van der Waals surface area contributed by atoms with Crippen LogP contribution in [0.1, 0.15) is 5.56 Å². The molecule has 0 saturated heterocycles. The fourth-order valence-electron chi connectivity index (χ4n) is 1.38. The summed E-state index contributed by atoms with van der Waals surface area (Å²) in [6, 6.07) is 7.89. The largest absolute Gasteiger partial charge is 0.339 e. The molecule has 88 valence electrons. The first-order chi connectivity index (χ1) is 8.19. The van der Waals surface area contributed by atoms with Crippen molar-refractivity contribution < 1.29 is 0 Å². The van der Waals surface area contributed by atoms with Gasteiger partial charge in [-0.1, -0.05) is 23.7 Å². The van der Waals surface area contributed by atoms with Crippen molar-refractivity contribution in [1.82, 2.24) is 9.97 Å². The van der Waals surface area contributed by atoms with Crippen LogP contribution in [0, 0.1) is 6.92 Å². The molecule has 17 heavy (non-hydrogen) atoms. The molecular formula is C11H12ClN5. The number of benzene rings is 1. The minimum Gasteiger partial charge on any atom is -0.339 e. The van der Waals surface area contributed by atoms with Crippen LogP contribution in [0.3, 0.4) is 0 Å². The van der Waals surface area contributed by atoms with Crippen LogP contribution in [0.2, 0.25) is 5.02 Å². The second kappa shape index (κ2) is 4.99. The van der Waals surface area contributed by atoms with Crippen molar-refractivity contribution in [3.63, 3.8) is 0 Å². The van der Waals surface area contributed by atoms with Gasteiger partial charge in [0.1, 0.15) is 5.02 Å². The van der Waals surface area contributed by atoms with Gasteiger partial charge in [-0.15, -0.1) is 0 Å². The first-order valence-corrected chi connectivity index (χ1v) is 5.39. The van der Waals surface area contributed by atoms with Crippen LogP contribution in [-0.4, -0.2) is 9.97 Å². The Balaban J connectivity index is 2.29. The average Bonchev–Trinajstić information content (AvgIpc) is 2.32. The number of nitrogens with zero attached hydrogens (tertiary/aromatic N) is 2. The van der Waals surface area contributed by atoms with Crippen LogP contribution in [0.4, 0.5) is 17.5 Å². The first-order valence-electron chi connectivity index (χ1n) is 5.02. The number of nitrogen functional groups attached to an aromatic ring is 1. The summed E-state index contributed by atoms with van der Waals surface area (Å²) in [7, 11) is 0. The molecule has 2 aromatic rings. The Bertz CT molecular complexity index is 529. The summed E-state index contributed by atoms with van der Waals surface area (Å²) < 4.78 is 0. The lowest BCUT2D eigenvalue weighted by Gasteiger charge is -2.08. The van der Waals surface area contributed by atoms with Crippen LogP contribution in [0.25, 0.3) is 0 Å². The predicted molar refractivity (Wildman–Crippen MR) is 69.3 cm³/mol. The van der Waals surface area contributed by atoms with Crippen molar-refractivity contribution in [1.29, 1.82) is 0 Å². The highest BCUT2D eigenvalue weighted by Crippen LogP contribution is 2.23. The minimum absolute atomic E-state index is 0.310. The number of anilines is 3. The van der Waals surface area contributed by atoms with Crippen molar-refractivity contribution in [2.24, 2.45) is 5.84 Å². The zero-order valence-corrected chi connectivity index (χ0v) is 9.99. The van der Waals surface area contributed by atoms with E-state index < -0.39 is 0 Å². The third-order valence-corrected chi connectivity index (χ3v) is 2.43. The van der Waals surface area contributed by atoms with Crippen LogP contribution >= 0.6 is 11.6 Å². The van der Waals surface area contributed by atoms with Crippen molar-refractivity contribution in [3.05, 3.63) is 41.0 Å². The van der Waals surface area contributed by atoms with E-state index >= 15 is 0 Å². The Kier molecular flexibility index (Phi) is 3.41. The minimum atomic E-state index is 0.310. The average molecular weight is 250 g/mol. The van der Waals surface area contributed by atoms with Gasteiger partial charge in [-0.05, 0) is 24.6 Å². The fraction of sp³-hybridized carbons (Fsp3) is 0.0909. The third kappa shape index (κ3) is 2.83. The molecule has 0 bridgehead atoms. The highest BCUT2D eigenvalue weighted by molar-refractivity contribution is 6.32. The summed E-state index contributed by atoms with van der Waals surface area (Å²) in [5.41, 5.74) is 4.43. The number of halogens is 1. The zero-order chi connectivity index (χ0) is 12.3. The van der Waals surface area contributed by atoms with E-state index in [-0.39, 0.29) is 0 Å². The maximum atomic E-state index is 5.99. The molecule has 0 radical (unpaired) electrons. The molecule has 0 aliphatic rings. The molecule has 6 heteroatoms. The van der Waals surface area contributed by atoms with Crippen LogP contribution in [0.15, 0.2) is 30.5 Å². The number of aromatic nitrogens is 2. The molecule has 0 saturated carbocycles. The van der Waals surface area contributed by atoms with Gasteiger partial charge in [-0.2, -0.15) is 4.98 Å². The summed E-state index contributed by atoms with van der Waals surface area (Å²) in [6.07, 6.45) is 1.49. The van der Waals surface area contributed by atoms with Gasteiger partial charge in [0, 0.05) is 5.69 Å². The van der Waals surface area contributed by atoms with Crippen LogP contribution in [0.5, 0.6) is 0 Å². The molecule has 4 N–H and O–H groups in total. The molecule has 5 nitrogen and oxygen atoms in total. The topological polar surface area (TPSA) is 75.9 Å². The maximum absolute atomic E-state index is 5.99. The van der Waals surface area contributed by atoms with Crippen LogP contribution in [-0.2, 0) is 0 Å². The quantitative estimate of drug-likeness (QED) is 0.576. The van der Waals surface area contributed by atoms with E-state index in [9.17, 15) is 0 Å². The highest BCUT2D eigenvalue weighted by atomic mass is 35.5. The van der Waals surface area contributed by atoms with Crippen molar-refractivity contribution in [2.45, 2.75) is 6.92 Å². The number of nitrogens with one attached hydrogen (secondary N) is 2. The molecule has 2 rings (SSSR count). The van der Waals surface area contributed by atoms with Crippen LogP contribution < -0.4 is 16.6 Å². The number of hydrogen-bond donors (Lipinski definition) is 3. The van der Waals surface area contributed by atoms with Crippen molar-refractivity contribution >= 4 is 29.1 Å². The molecule has 0 spiro atoms.